The molecule has 0 bridgehead atoms. The third-order valence-electron chi connectivity index (χ3n) is 3.28. The molecule has 1 atom stereocenters. The molecule has 1 aromatic heterocycles. The molecular formula is C14H14ClN3OS2. The maximum absolute atomic E-state index is 12.3. The van der Waals surface area contributed by atoms with Gasteiger partial charge in [0.1, 0.15) is 10.7 Å². The number of aromatic nitrogens is 1. The standard InChI is InChI=1S/C14H14ClN3OS2/c15-8-1-2-12-9(5-8)10(3-4-20-12)18-14(19)11-7-21-13(6-16)17-11/h1-2,5,7,10H,3-4,6,16H2,(H,18,19). The number of fused-ring (bicyclic) bond motifs is 1. The van der Waals surface area contributed by atoms with Crippen molar-refractivity contribution in [1.82, 2.24) is 10.3 Å². The smallest absolute Gasteiger partial charge is 0.271 e. The Labute approximate surface area is 136 Å². The minimum Gasteiger partial charge on any atom is -0.344 e. The number of benzene rings is 1. The number of rotatable bonds is 3. The Morgan fingerprint density at radius 3 is 3.14 bits per heavy atom. The van der Waals surface area contributed by atoms with Crippen LogP contribution in [0.25, 0.3) is 0 Å². The predicted octanol–water partition coefficient (Wildman–Crippen LogP) is 3.22. The van der Waals surface area contributed by atoms with E-state index in [1.165, 1.54) is 16.2 Å². The zero-order chi connectivity index (χ0) is 14.8. The van der Waals surface area contributed by atoms with Crippen molar-refractivity contribution >= 4 is 40.6 Å². The number of thioether (sulfide) groups is 1. The molecule has 1 aromatic carbocycles. The first-order valence-electron chi connectivity index (χ1n) is 6.55. The normalized spacial score (nSPS) is 17.3. The monoisotopic (exact) mass is 339 g/mol. The molecule has 2 aromatic rings. The number of thiazole rings is 1. The second-order valence-electron chi connectivity index (χ2n) is 4.68. The van der Waals surface area contributed by atoms with E-state index in [4.69, 9.17) is 17.3 Å². The summed E-state index contributed by atoms with van der Waals surface area (Å²) in [5.74, 6) is 0.818. The molecule has 0 radical (unpaired) electrons. The van der Waals surface area contributed by atoms with Crippen LogP contribution in [0.2, 0.25) is 5.02 Å². The van der Waals surface area contributed by atoms with E-state index in [1.807, 2.05) is 18.2 Å². The lowest BCUT2D eigenvalue weighted by Gasteiger charge is -2.25. The largest absolute Gasteiger partial charge is 0.344 e. The molecule has 1 unspecified atom stereocenters. The first-order valence-corrected chi connectivity index (χ1v) is 8.79. The number of carbonyl (C=O) groups excluding carboxylic acids is 1. The molecule has 1 aliphatic rings. The van der Waals surface area contributed by atoms with Gasteiger partial charge in [-0.2, -0.15) is 0 Å². The summed E-state index contributed by atoms with van der Waals surface area (Å²) >= 11 is 9.27. The van der Waals surface area contributed by atoms with Gasteiger partial charge in [-0.25, -0.2) is 4.98 Å². The number of hydrogen-bond acceptors (Lipinski definition) is 5. The lowest BCUT2D eigenvalue weighted by molar-refractivity contribution is 0.0930. The number of halogens is 1. The van der Waals surface area contributed by atoms with Gasteiger partial charge in [-0.3, -0.25) is 4.79 Å². The summed E-state index contributed by atoms with van der Waals surface area (Å²) in [5, 5.41) is 6.25. The van der Waals surface area contributed by atoms with Crippen molar-refractivity contribution in [2.75, 3.05) is 5.75 Å². The summed E-state index contributed by atoms with van der Waals surface area (Å²) in [6.07, 6.45) is 0.887. The van der Waals surface area contributed by atoms with Crippen LogP contribution in [0.15, 0.2) is 28.5 Å². The highest BCUT2D eigenvalue weighted by Crippen LogP contribution is 2.37. The predicted molar refractivity (Wildman–Crippen MR) is 87.0 cm³/mol. The number of nitrogens with two attached hydrogens (primary N) is 1. The van der Waals surface area contributed by atoms with Gasteiger partial charge in [-0.15, -0.1) is 23.1 Å². The molecule has 0 aliphatic carbocycles. The van der Waals surface area contributed by atoms with E-state index in [-0.39, 0.29) is 11.9 Å². The van der Waals surface area contributed by atoms with Crippen molar-refractivity contribution in [3.8, 4) is 0 Å². The first-order chi connectivity index (χ1) is 10.2. The fraction of sp³-hybridized carbons (Fsp3) is 0.286. The van der Waals surface area contributed by atoms with Crippen LogP contribution in [0.1, 0.15) is 33.5 Å². The van der Waals surface area contributed by atoms with Crippen LogP contribution in [0.3, 0.4) is 0 Å². The summed E-state index contributed by atoms with van der Waals surface area (Å²) in [5.41, 5.74) is 7.04. The van der Waals surface area contributed by atoms with Gasteiger partial charge >= 0.3 is 0 Å². The minimum absolute atomic E-state index is 0.0181. The third kappa shape index (κ3) is 3.23. The summed E-state index contributed by atoms with van der Waals surface area (Å²) in [4.78, 5) is 17.7. The van der Waals surface area contributed by atoms with Crippen molar-refractivity contribution in [3.05, 3.63) is 44.9 Å². The maximum atomic E-state index is 12.3. The van der Waals surface area contributed by atoms with Gasteiger partial charge in [0.2, 0.25) is 0 Å². The molecular weight excluding hydrogens is 326 g/mol. The Bertz CT molecular complexity index is 674. The summed E-state index contributed by atoms with van der Waals surface area (Å²) in [7, 11) is 0. The molecule has 0 saturated heterocycles. The Morgan fingerprint density at radius 1 is 1.52 bits per heavy atom. The summed E-state index contributed by atoms with van der Waals surface area (Å²) in [6, 6.07) is 5.80. The summed E-state index contributed by atoms with van der Waals surface area (Å²) < 4.78 is 0. The second-order valence-corrected chi connectivity index (χ2v) is 7.19. The van der Waals surface area contributed by atoms with Crippen molar-refractivity contribution in [3.63, 3.8) is 0 Å². The lowest BCUT2D eigenvalue weighted by atomic mass is 10.0. The zero-order valence-electron chi connectivity index (χ0n) is 11.1. The SMILES string of the molecule is NCc1nc(C(=O)NC2CCSc3ccc(Cl)cc32)cs1. The van der Waals surface area contributed by atoms with E-state index in [1.54, 1.807) is 17.1 Å². The molecule has 1 amide bonds. The highest BCUT2D eigenvalue weighted by molar-refractivity contribution is 7.99. The lowest BCUT2D eigenvalue weighted by Crippen LogP contribution is -2.30. The van der Waals surface area contributed by atoms with Crippen molar-refractivity contribution in [1.29, 1.82) is 0 Å². The quantitative estimate of drug-likeness (QED) is 0.901. The summed E-state index contributed by atoms with van der Waals surface area (Å²) in [6.45, 7) is 0.358. The molecule has 0 spiro atoms. The van der Waals surface area contributed by atoms with Gasteiger partial charge in [0.15, 0.2) is 0 Å². The van der Waals surface area contributed by atoms with E-state index in [9.17, 15) is 4.79 Å². The second kappa shape index (κ2) is 6.36. The fourth-order valence-corrected chi connectivity index (χ4v) is 4.20. The minimum atomic E-state index is -0.159. The molecule has 7 heteroatoms. The molecule has 0 saturated carbocycles. The molecule has 21 heavy (non-hydrogen) atoms. The van der Waals surface area contributed by atoms with Crippen molar-refractivity contribution in [2.24, 2.45) is 5.73 Å². The van der Waals surface area contributed by atoms with Gasteiger partial charge in [0, 0.05) is 27.6 Å². The Morgan fingerprint density at radius 2 is 2.38 bits per heavy atom. The average molecular weight is 340 g/mol. The maximum Gasteiger partial charge on any atom is 0.271 e. The number of hydrogen-bond donors (Lipinski definition) is 2. The number of amides is 1. The Balaban J connectivity index is 1.80. The first kappa shape index (κ1) is 14.8. The molecule has 3 rings (SSSR count). The average Bonchev–Trinajstić information content (AvgIpc) is 2.97. The highest BCUT2D eigenvalue weighted by atomic mass is 35.5. The van der Waals surface area contributed by atoms with Crippen LogP contribution >= 0.6 is 34.7 Å². The van der Waals surface area contributed by atoms with Crippen LogP contribution in [-0.4, -0.2) is 16.6 Å². The topological polar surface area (TPSA) is 68.0 Å². The number of carbonyl (C=O) groups is 1. The van der Waals surface area contributed by atoms with Crippen LogP contribution in [0.4, 0.5) is 0 Å². The van der Waals surface area contributed by atoms with Gasteiger partial charge in [0.05, 0.1) is 6.04 Å². The zero-order valence-corrected chi connectivity index (χ0v) is 13.5. The van der Waals surface area contributed by atoms with Crippen molar-refractivity contribution in [2.45, 2.75) is 23.9 Å². The third-order valence-corrected chi connectivity index (χ3v) is 5.50. The number of nitrogens with zero attached hydrogens (tertiary/aromatic N) is 1. The Kier molecular flexibility index (Phi) is 4.49. The molecule has 3 N–H and O–H groups in total. The van der Waals surface area contributed by atoms with E-state index >= 15 is 0 Å². The van der Waals surface area contributed by atoms with Gasteiger partial charge in [-0.05, 0) is 30.2 Å². The molecule has 4 nitrogen and oxygen atoms in total. The van der Waals surface area contributed by atoms with Crippen LogP contribution in [0, 0.1) is 0 Å². The van der Waals surface area contributed by atoms with Crippen LogP contribution < -0.4 is 11.1 Å². The van der Waals surface area contributed by atoms with E-state index < -0.39 is 0 Å². The molecule has 2 heterocycles. The fourth-order valence-electron chi connectivity index (χ4n) is 2.26. The molecule has 110 valence electrons. The van der Waals surface area contributed by atoms with Crippen LogP contribution in [0.5, 0.6) is 0 Å². The van der Waals surface area contributed by atoms with Crippen molar-refractivity contribution < 1.29 is 4.79 Å². The van der Waals surface area contributed by atoms with Gasteiger partial charge in [-0.1, -0.05) is 11.6 Å². The number of nitrogens with one attached hydrogen (secondary N) is 1. The molecule has 1 aliphatic heterocycles. The van der Waals surface area contributed by atoms with E-state index in [0.29, 0.717) is 17.3 Å². The molecule has 0 fully saturated rings. The van der Waals surface area contributed by atoms with E-state index in [0.717, 1.165) is 22.7 Å². The van der Waals surface area contributed by atoms with E-state index in [2.05, 4.69) is 10.3 Å². The highest BCUT2D eigenvalue weighted by Gasteiger charge is 2.23. The van der Waals surface area contributed by atoms with Crippen LogP contribution in [-0.2, 0) is 6.54 Å². The Hall–Kier alpha value is -1.08. The van der Waals surface area contributed by atoms with Gasteiger partial charge < -0.3 is 11.1 Å². The van der Waals surface area contributed by atoms with Gasteiger partial charge in [0.25, 0.3) is 5.91 Å².